The number of nitrogens with zero attached hydrogens (tertiary/aromatic N) is 2. The Morgan fingerprint density at radius 2 is 2.17 bits per heavy atom. The van der Waals surface area contributed by atoms with Gasteiger partial charge in [0.25, 0.3) is 0 Å². The summed E-state index contributed by atoms with van der Waals surface area (Å²) >= 11 is 6.15. The molecule has 0 amide bonds. The van der Waals surface area contributed by atoms with Gasteiger partial charge < -0.3 is 10.6 Å². The molecule has 2 N–H and O–H groups in total. The van der Waals surface area contributed by atoms with Crippen LogP contribution in [0.5, 0.6) is 0 Å². The van der Waals surface area contributed by atoms with Gasteiger partial charge in [0.1, 0.15) is 5.02 Å². The van der Waals surface area contributed by atoms with Crippen molar-refractivity contribution in [2.75, 3.05) is 17.7 Å². The van der Waals surface area contributed by atoms with E-state index in [1.54, 1.807) is 6.20 Å². The molecule has 0 spiro atoms. The quantitative estimate of drug-likeness (QED) is 0.877. The van der Waals surface area contributed by atoms with Crippen LogP contribution in [0.3, 0.4) is 0 Å². The van der Waals surface area contributed by atoms with Crippen molar-refractivity contribution >= 4 is 23.4 Å². The normalized spacial score (nSPS) is 23.7. The lowest BCUT2D eigenvalue weighted by molar-refractivity contribution is 0.317. The van der Waals surface area contributed by atoms with Crippen molar-refractivity contribution in [2.45, 2.75) is 45.1 Å². The van der Waals surface area contributed by atoms with Crippen LogP contribution in [-0.4, -0.2) is 23.1 Å². The Bertz CT molecular complexity index is 397. The zero-order chi connectivity index (χ0) is 13.0. The minimum atomic E-state index is 0.487. The lowest BCUT2D eigenvalue weighted by Gasteiger charge is -2.32. The van der Waals surface area contributed by atoms with Crippen molar-refractivity contribution in [1.82, 2.24) is 9.97 Å². The predicted molar refractivity (Wildman–Crippen MR) is 76.2 cm³/mol. The summed E-state index contributed by atoms with van der Waals surface area (Å²) in [5.41, 5.74) is 0. The van der Waals surface area contributed by atoms with Gasteiger partial charge in [0.2, 0.25) is 5.95 Å². The van der Waals surface area contributed by atoms with Gasteiger partial charge in [-0.1, -0.05) is 37.8 Å². The number of hydrogen-bond donors (Lipinski definition) is 2. The maximum absolute atomic E-state index is 6.15. The van der Waals surface area contributed by atoms with Gasteiger partial charge >= 0.3 is 0 Å². The van der Waals surface area contributed by atoms with E-state index in [9.17, 15) is 0 Å². The standard InChI is InChI=1S/C13H21ClN4/c1-3-9-6-4-5-7-11(9)17-12-10(14)8-16-13(15-2)18-12/h8-9,11H,3-7H2,1-2H3,(H2,15,16,17,18). The van der Waals surface area contributed by atoms with E-state index in [1.165, 1.54) is 32.1 Å². The molecule has 0 saturated heterocycles. The van der Waals surface area contributed by atoms with E-state index in [0.717, 1.165) is 11.7 Å². The zero-order valence-corrected chi connectivity index (χ0v) is 11.8. The third kappa shape index (κ3) is 3.05. The molecule has 18 heavy (non-hydrogen) atoms. The monoisotopic (exact) mass is 268 g/mol. The molecule has 2 unspecified atom stereocenters. The second-order valence-corrected chi connectivity index (χ2v) is 5.25. The molecular formula is C13H21ClN4. The van der Waals surface area contributed by atoms with Crippen molar-refractivity contribution in [1.29, 1.82) is 0 Å². The number of rotatable bonds is 4. The Morgan fingerprint density at radius 1 is 1.39 bits per heavy atom. The van der Waals surface area contributed by atoms with Crippen LogP contribution in [-0.2, 0) is 0 Å². The van der Waals surface area contributed by atoms with Crippen LogP contribution in [0.25, 0.3) is 0 Å². The first kappa shape index (κ1) is 13.4. The molecular weight excluding hydrogens is 248 g/mol. The molecule has 1 aromatic rings. The molecule has 100 valence electrons. The highest BCUT2D eigenvalue weighted by atomic mass is 35.5. The molecule has 0 aliphatic heterocycles. The summed E-state index contributed by atoms with van der Waals surface area (Å²) in [6, 6.07) is 0.487. The maximum Gasteiger partial charge on any atom is 0.224 e. The summed E-state index contributed by atoms with van der Waals surface area (Å²) in [5.74, 6) is 2.08. The van der Waals surface area contributed by atoms with Gasteiger partial charge in [-0.15, -0.1) is 0 Å². The molecule has 1 saturated carbocycles. The second kappa shape index (κ2) is 6.23. The first-order valence-electron chi connectivity index (χ1n) is 6.71. The molecule has 1 aromatic heterocycles. The number of halogens is 1. The number of nitrogens with one attached hydrogen (secondary N) is 2. The summed E-state index contributed by atoms with van der Waals surface area (Å²) in [6.07, 6.45) is 7.99. The van der Waals surface area contributed by atoms with E-state index in [0.29, 0.717) is 17.0 Å². The van der Waals surface area contributed by atoms with Gasteiger partial charge in [-0.25, -0.2) is 4.98 Å². The summed E-state index contributed by atoms with van der Waals surface area (Å²) in [6.45, 7) is 2.26. The minimum Gasteiger partial charge on any atom is -0.366 e. The lowest BCUT2D eigenvalue weighted by Crippen LogP contribution is -2.32. The summed E-state index contributed by atoms with van der Waals surface area (Å²) in [7, 11) is 1.81. The molecule has 2 atom stereocenters. The average Bonchev–Trinajstić information content (AvgIpc) is 2.42. The van der Waals surface area contributed by atoms with E-state index in [-0.39, 0.29) is 0 Å². The lowest BCUT2D eigenvalue weighted by atomic mass is 9.83. The van der Waals surface area contributed by atoms with Gasteiger partial charge in [0.05, 0.1) is 6.20 Å². The largest absolute Gasteiger partial charge is 0.366 e. The fourth-order valence-corrected chi connectivity index (χ4v) is 2.80. The Labute approximate surface area is 114 Å². The van der Waals surface area contributed by atoms with Crippen LogP contribution in [0.4, 0.5) is 11.8 Å². The third-order valence-corrected chi connectivity index (χ3v) is 4.00. The zero-order valence-electron chi connectivity index (χ0n) is 11.0. The highest BCUT2D eigenvalue weighted by molar-refractivity contribution is 6.32. The van der Waals surface area contributed by atoms with Gasteiger partial charge in [0.15, 0.2) is 5.82 Å². The summed E-state index contributed by atoms with van der Waals surface area (Å²) in [4.78, 5) is 8.48. The van der Waals surface area contributed by atoms with Crippen LogP contribution < -0.4 is 10.6 Å². The van der Waals surface area contributed by atoms with E-state index >= 15 is 0 Å². The van der Waals surface area contributed by atoms with Crippen LogP contribution in [0.1, 0.15) is 39.0 Å². The van der Waals surface area contributed by atoms with Crippen molar-refractivity contribution in [3.63, 3.8) is 0 Å². The van der Waals surface area contributed by atoms with Gasteiger partial charge in [-0.2, -0.15) is 4.98 Å². The number of anilines is 2. The van der Waals surface area contributed by atoms with Crippen LogP contribution >= 0.6 is 11.6 Å². The molecule has 1 heterocycles. The highest BCUT2D eigenvalue weighted by Crippen LogP contribution is 2.30. The maximum atomic E-state index is 6.15. The topological polar surface area (TPSA) is 49.8 Å². The second-order valence-electron chi connectivity index (χ2n) is 4.84. The molecule has 4 nitrogen and oxygen atoms in total. The van der Waals surface area contributed by atoms with Crippen molar-refractivity contribution in [3.05, 3.63) is 11.2 Å². The Balaban J connectivity index is 2.11. The minimum absolute atomic E-state index is 0.487. The molecule has 0 radical (unpaired) electrons. The SMILES string of the molecule is CCC1CCCCC1Nc1nc(NC)ncc1Cl. The molecule has 1 fully saturated rings. The fourth-order valence-electron chi connectivity index (χ4n) is 2.65. The van der Waals surface area contributed by atoms with Crippen molar-refractivity contribution in [3.8, 4) is 0 Å². The van der Waals surface area contributed by atoms with Gasteiger partial charge in [0, 0.05) is 13.1 Å². The average molecular weight is 269 g/mol. The van der Waals surface area contributed by atoms with Crippen LogP contribution in [0.15, 0.2) is 6.20 Å². The Hall–Kier alpha value is -1.03. The smallest absolute Gasteiger partial charge is 0.224 e. The van der Waals surface area contributed by atoms with E-state index in [1.807, 2.05) is 7.05 Å². The van der Waals surface area contributed by atoms with Gasteiger partial charge in [-0.05, 0) is 18.8 Å². The number of aromatic nitrogens is 2. The molecule has 0 bridgehead atoms. The molecule has 0 aromatic carbocycles. The molecule has 5 heteroatoms. The first-order chi connectivity index (χ1) is 8.74. The Morgan fingerprint density at radius 3 is 2.89 bits per heavy atom. The van der Waals surface area contributed by atoms with Crippen LogP contribution in [0, 0.1) is 5.92 Å². The number of hydrogen-bond acceptors (Lipinski definition) is 4. The molecule has 1 aliphatic carbocycles. The fraction of sp³-hybridized carbons (Fsp3) is 0.692. The van der Waals surface area contributed by atoms with Crippen molar-refractivity contribution in [2.24, 2.45) is 5.92 Å². The third-order valence-electron chi connectivity index (χ3n) is 3.72. The predicted octanol–water partition coefficient (Wildman–Crippen LogP) is 3.55. The molecule has 2 rings (SSSR count). The van der Waals surface area contributed by atoms with E-state index < -0.39 is 0 Å². The van der Waals surface area contributed by atoms with E-state index in [4.69, 9.17) is 11.6 Å². The van der Waals surface area contributed by atoms with Crippen LogP contribution in [0.2, 0.25) is 5.02 Å². The van der Waals surface area contributed by atoms with Crippen molar-refractivity contribution < 1.29 is 0 Å². The molecule has 1 aliphatic rings. The highest BCUT2D eigenvalue weighted by Gasteiger charge is 2.24. The first-order valence-corrected chi connectivity index (χ1v) is 7.09. The summed E-state index contributed by atoms with van der Waals surface area (Å²) < 4.78 is 0. The van der Waals surface area contributed by atoms with Gasteiger partial charge in [-0.3, -0.25) is 0 Å². The Kier molecular flexibility index (Phi) is 4.64. The summed E-state index contributed by atoms with van der Waals surface area (Å²) in [5, 5.41) is 7.03. The van der Waals surface area contributed by atoms with E-state index in [2.05, 4.69) is 27.5 Å².